The molecule has 2 heterocycles. The Bertz CT molecular complexity index is 879. The summed E-state index contributed by atoms with van der Waals surface area (Å²) in [5.41, 5.74) is 2.82. The summed E-state index contributed by atoms with van der Waals surface area (Å²) in [5, 5.41) is 1.25. The number of para-hydroxylation sites is 1. The van der Waals surface area contributed by atoms with Crippen molar-refractivity contribution in [3.8, 4) is 0 Å². The third-order valence-corrected chi connectivity index (χ3v) is 3.90. The number of halogens is 1. The number of carbonyl (C=O) groups excluding carboxylic acids is 2. The van der Waals surface area contributed by atoms with Crippen molar-refractivity contribution in [3.63, 3.8) is 0 Å². The molecule has 0 amide bonds. The predicted octanol–water partition coefficient (Wildman–Crippen LogP) is 3.75. The van der Waals surface area contributed by atoms with Crippen LogP contribution in [0.5, 0.6) is 0 Å². The number of ether oxygens (including phenoxy) is 1. The zero-order valence-corrected chi connectivity index (χ0v) is 13.2. The lowest BCUT2D eigenvalue weighted by Crippen LogP contribution is -2.14. The van der Waals surface area contributed by atoms with E-state index in [9.17, 15) is 9.59 Å². The molecular formula is C17H15ClN2O3. The van der Waals surface area contributed by atoms with Crippen molar-refractivity contribution in [2.75, 3.05) is 6.61 Å². The number of fused-ring (bicyclic) bond motifs is 1. The summed E-state index contributed by atoms with van der Waals surface area (Å²) in [6, 6.07) is 7.26. The first-order valence-corrected chi connectivity index (χ1v) is 7.61. The van der Waals surface area contributed by atoms with Crippen molar-refractivity contribution in [2.45, 2.75) is 13.3 Å². The standard InChI is InChI=1S/C17H15ClN2O3/c1-2-10-4-3-5-12-13(8-20-16(10)12)15(21)9-23-17(22)14-6-11(18)7-19-14/h3-8,19-20H,2,9H2,1H3. The fourth-order valence-corrected chi connectivity index (χ4v) is 2.68. The molecule has 0 aliphatic heterocycles. The minimum atomic E-state index is -0.612. The van der Waals surface area contributed by atoms with Gasteiger partial charge in [0.05, 0.1) is 5.02 Å². The third-order valence-electron chi connectivity index (χ3n) is 3.69. The van der Waals surface area contributed by atoms with E-state index in [1.165, 1.54) is 12.3 Å². The van der Waals surface area contributed by atoms with E-state index in [0.29, 0.717) is 10.6 Å². The van der Waals surface area contributed by atoms with E-state index in [4.69, 9.17) is 16.3 Å². The molecule has 0 saturated carbocycles. The van der Waals surface area contributed by atoms with Crippen molar-refractivity contribution in [1.82, 2.24) is 9.97 Å². The molecule has 3 rings (SSSR count). The topological polar surface area (TPSA) is 75.0 Å². The summed E-state index contributed by atoms with van der Waals surface area (Å²) in [5.74, 6) is -0.866. The molecule has 23 heavy (non-hydrogen) atoms. The zero-order valence-electron chi connectivity index (χ0n) is 12.5. The summed E-state index contributed by atoms with van der Waals surface area (Å²) in [6.07, 6.45) is 4.01. The second-order valence-corrected chi connectivity index (χ2v) is 5.56. The van der Waals surface area contributed by atoms with E-state index in [-0.39, 0.29) is 18.1 Å². The number of hydrogen-bond acceptors (Lipinski definition) is 3. The Hall–Kier alpha value is -2.53. The van der Waals surface area contributed by atoms with Crippen molar-refractivity contribution in [3.05, 3.63) is 58.5 Å². The molecule has 0 atom stereocenters. The summed E-state index contributed by atoms with van der Waals surface area (Å²) in [7, 11) is 0. The molecule has 0 fully saturated rings. The van der Waals surface area contributed by atoms with Crippen LogP contribution in [-0.4, -0.2) is 28.3 Å². The van der Waals surface area contributed by atoms with Crippen LogP contribution < -0.4 is 0 Å². The number of nitrogens with one attached hydrogen (secondary N) is 2. The van der Waals surface area contributed by atoms with Crippen LogP contribution in [0.1, 0.15) is 33.3 Å². The number of H-pyrrole nitrogens is 2. The number of aryl methyl sites for hydroxylation is 1. The summed E-state index contributed by atoms with van der Waals surface area (Å²) in [4.78, 5) is 30.0. The molecule has 118 valence electrons. The number of carbonyl (C=O) groups is 2. The van der Waals surface area contributed by atoms with Crippen LogP contribution in [0.25, 0.3) is 10.9 Å². The zero-order chi connectivity index (χ0) is 16.4. The van der Waals surface area contributed by atoms with E-state index in [1.54, 1.807) is 6.20 Å². The van der Waals surface area contributed by atoms with Gasteiger partial charge < -0.3 is 14.7 Å². The quantitative estimate of drug-likeness (QED) is 0.552. The normalized spacial score (nSPS) is 10.9. The maximum Gasteiger partial charge on any atom is 0.355 e. The molecule has 0 spiro atoms. The first-order chi connectivity index (χ1) is 11.1. The largest absolute Gasteiger partial charge is 0.453 e. The minimum Gasteiger partial charge on any atom is -0.453 e. The lowest BCUT2D eigenvalue weighted by atomic mass is 10.1. The summed E-state index contributed by atoms with van der Waals surface area (Å²) >= 11 is 5.73. The first-order valence-electron chi connectivity index (χ1n) is 7.23. The van der Waals surface area contributed by atoms with Gasteiger partial charge in [-0.2, -0.15) is 0 Å². The van der Waals surface area contributed by atoms with Crippen LogP contribution in [-0.2, 0) is 11.2 Å². The van der Waals surface area contributed by atoms with Crippen molar-refractivity contribution >= 4 is 34.3 Å². The fraction of sp³-hybridized carbons (Fsp3) is 0.176. The van der Waals surface area contributed by atoms with Gasteiger partial charge >= 0.3 is 5.97 Å². The third kappa shape index (κ3) is 3.00. The lowest BCUT2D eigenvalue weighted by molar-refractivity contribution is 0.0470. The molecular weight excluding hydrogens is 316 g/mol. The highest BCUT2D eigenvalue weighted by Crippen LogP contribution is 2.22. The number of aromatic amines is 2. The van der Waals surface area contributed by atoms with Crippen molar-refractivity contribution in [1.29, 1.82) is 0 Å². The molecule has 5 nitrogen and oxygen atoms in total. The molecule has 1 aromatic carbocycles. The minimum absolute atomic E-state index is 0.218. The highest BCUT2D eigenvalue weighted by atomic mass is 35.5. The fourth-order valence-electron chi connectivity index (χ4n) is 2.51. The Labute approximate surface area is 137 Å². The van der Waals surface area contributed by atoms with Gasteiger partial charge in [0.2, 0.25) is 5.78 Å². The molecule has 0 aliphatic carbocycles. The van der Waals surface area contributed by atoms with Crippen LogP contribution in [0.3, 0.4) is 0 Å². The Morgan fingerprint density at radius 1 is 1.22 bits per heavy atom. The SMILES string of the molecule is CCc1cccc2c(C(=O)COC(=O)c3cc(Cl)c[nH]3)c[nH]c12. The Morgan fingerprint density at radius 3 is 2.74 bits per heavy atom. The average molecular weight is 331 g/mol. The van der Waals surface area contributed by atoms with E-state index in [1.807, 2.05) is 18.2 Å². The number of ketones is 1. The second-order valence-electron chi connectivity index (χ2n) is 5.13. The van der Waals surface area contributed by atoms with Gasteiger partial charge in [0.1, 0.15) is 5.69 Å². The molecule has 3 aromatic rings. The van der Waals surface area contributed by atoms with Crippen LogP contribution in [0.4, 0.5) is 0 Å². The Morgan fingerprint density at radius 2 is 2.04 bits per heavy atom. The molecule has 6 heteroatoms. The number of hydrogen-bond donors (Lipinski definition) is 2. The van der Waals surface area contributed by atoms with Gasteiger partial charge in [0, 0.05) is 28.9 Å². The number of benzene rings is 1. The van der Waals surface area contributed by atoms with Gasteiger partial charge in [-0.3, -0.25) is 4.79 Å². The monoisotopic (exact) mass is 330 g/mol. The van der Waals surface area contributed by atoms with E-state index >= 15 is 0 Å². The molecule has 0 radical (unpaired) electrons. The first kappa shape index (κ1) is 15.4. The highest BCUT2D eigenvalue weighted by Gasteiger charge is 2.17. The molecule has 0 bridgehead atoms. The maximum atomic E-state index is 12.3. The van der Waals surface area contributed by atoms with Crippen LogP contribution in [0.15, 0.2) is 36.7 Å². The van der Waals surface area contributed by atoms with Crippen molar-refractivity contribution in [2.24, 2.45) is 0 Å². The number of aromatic nitrogens is 2. The number of esters is 1. The highest BCUT2D eigenvalue weighted by molar-refractivity contribution is 6.30. The van der Waals surface area contributed by atoms with Crippen LogP contribution in [0, 0.1) is 0 Å². The van der Waals surface area contributed by atoms with Gasteiger partial charge in [0.15, 0.2) is 6.61 Å². The molecule has 2 aromatic heterocycles. The van der Waals surface area contributed by atoms with Gasteiger partial charge in [-0.05, 0) is 18.1 Å². The Balaban J connectivity index is 1.75. The summed E-state index contributed by atoms with van der Waals surface area (Å²) < 4.78 is 5.04. The lowest BCUT2D eigenvalue weighted by Gasteiger charge is -2.03. The van der Waals surface area contributed by atoms with Crippen LogP contribution in [0.2, 0.25) is 5.02 Å². The number of Topliss-reactive ketones (excluding diaryl/α,β-unsaturated/α-hetero) is 1. The smallest absolute Gasteiger partial charge is 0.355 e. The van der Waals surface area contributed by atoms with E-state index in [0.717, 1.165) is 22.9 Å². The maximum absolute atomic E-state index is 12.3. The predicted molar refractivity (Wildman–Crippen MR) is 88.1 cm³/mol. The van der Waals surface area contributed by atoms with Gasteiger partial charge in [-0.25, -0.2) is 4.79 Å². The van der Waals surface area contributed by atoms with Gasteiger partial charge in [-0.15, -0.1) is 0 Å². The molecule has 0 unspecified atom stereocenters. The van der Waals surface area contributed by atoms with Gasteiger partial charge in [-0.1, -0.05) is 36.7 Å². The number of rotatable bonds is 5. The van der Waals surface area contributed by atoms with E-state index < -0.39 is 5.97 Å². The average Bonchev–Trinajstić information content (AvgIpc) is 3.18. The Kier molecular flexibility index (Phi) is 4.21. The molecule has 2 N–H and O–H groups in total. The molecule has 0 aliphatic rings. The summed E-state index contributed by atoms with van der Waals surface area (Å²) in [6.45, 7) is 1.74. The van der Waals surface area contributed by atoms with Crippen LogP contribution >= 0.6 is 11.6 Å². The van der Waals surface area contributed by atoms with Gasteiger partial charge in [0.25, 0.3) is 0 Å². The second kappa shape index (κ2) is 6.30. The van der Waals surface area contributed by atoms with Crippen molar-refractivity contribution < 1.29 is 14.3 Å². The molecule has 0 saturated heterocycles. The van der Waals surface area contributed by atoms with E-state index in [2.05, 4.69) is 16.9 Å².